The largest absolute Gasteiger partial charge is 0.484 e. The number of aryl methyl sites for hydroxylation is 1. The van der Waals surface area contributed by atoms with Gasteiger partial charge in [-0.1, -0.05) is 54.1 Å². The number of carbonyl (C=O) groups is 3. The summed E-state index contributed by atoms with van der Waals surface area (Å²) in [5, 5.41) is 12.3. The fourth-order valence-electron chi connectivity index (χ4n) is 4.76. The van der Waals surface area contributed by atoms with Gasteiger partial charge in [-0.2, -0.15) is 0 Å². The van der Waals surface area contributed by atoms with Gasteiger partial charge < -0.3 is 19.5 Å². The smallest absolute Gasteiger partial charge is 0.358 e. The van der Waals surface area contributed by atoms with Gasteiger partial charge in [0, 0.05) is 22.9 Å². The molecule has 1 aliphatic rings. The standard InChI is InChI=1S/C35H31N3O10S2/c1-23-13-19-29(20-14-23)50(44,45)49-34-31(36-30(39)22-46-27-9-5-3-6-10-27)33(40)37(34)32(24(2)48-28-11-7-4-8-12-28)35(41)47-21-25-15-17-26(18-16-25)38(42)43/h3-20,31,34H,21-22H2,1-2H3,(H,36,39). The van der Waals surface area contributed by atoms with Crippen molar-refractivity contribution in [3.63, 3.8) is 0 Å². The highest BCUT2D eigenvalue weighted by Gasteiger charge is 2.55. The Morgan fingerprint density at radius 2 is 1.50 bits per heavy atom. The third-order valence-corrected chi connectivity index (χ3v) is 11.0. The molecule has 5 rings (SSSR count). The van der Waals surface area contributed by atoms with Crippen LogP contribution in [0, 0.1) is 17.0 Å². The van der Waals surface area contributed by atoms with Crippen LogP contribution in [-0.2, 0) is 34.6 Å². The van der Waals surface area contributed by atoms with Gasteiger partial charge in [-0.3, -0.25) is 24.6 Å². The van der Waals surface area contributed by atoms with Crippen molar-refractivity contribution in [1.29, 1.82) is 0 Å². The van der Waals surface area contributed by atoms with E-state index >= 15 is 0 Å². The normalized spacial score (nSPS) is 16.0. The van der Waals surface area contributed by atoms with E-state index in [9.17, 15) is 32.9 Å². The summed E-state index contributed by atoms with van der Waals surface area (Å²) in [5.74, 6) is -1.90. The number of nitrogens with one attached hydrogen (secondary N) is 1. The number of esters is 1. The van der Waals surface area contributed by atoms with Crippen molar-refractivity contribution in [2.24, 2.45) is 0 Å². The van der Waals surface area contributed by atoms with Gasteiger partial charge in [-0.25, -0.2) is 13.2 Å². The van der Waals surface area contributed by atoms with Crippen LogP contribution in [0.5, 0.6) is 11.5 Å². The van der Waals surface area contributed by atoms with Crippen molar-refractivity contribution < 1.29 is 41.9 Å². The lowest BCUT2D eigenvalue weighted by molar-refractivity contribution is -0.384. The summed E-state index contributed by atoms with van der Waals surface area (Å²) >= 11 is 0. The third-order valence-electron chi connectivity index (χ3n) is 7.31. The number of non-ortho nitro benzene ring substituents is 1. The first-order chi connectivity index (χ1) is 23.9. The van der Waals surface area contributed by atoms with E-state index in [0.717, 1.165) is 10.5 Å². The average Bonchev–Trinajstić information content (AvgIpc) is 3.11. The molecule has 50 heavy (non-hydrogen) atoms. The minimum atomic E-state index is -4.16. The van der Waals surface area contributed by atoms with Gasteiger partial charge in [0.25, 0.3) is 17.5 Å². The summed E-state index contributed by atoms with van der Waals surface area (Å²) in [5.41, 5.74) is 0.684. The van der Waals surface area contributed by atoms with Crippen molar-refractivity contribution >= 4 is 43.1 Å². The SMILES string of the molecule is CC(Oc1ccccc1)=C(C(=O)OCc1ccc([N+](=O)[O-])cc1)N1C(=O)C(NC(=O)COc2ccccc2)C1SS(=O)(=O)c1ccc(C)cc1. The zero-order chi connectivity index (χ0) is 35.8. The van der Waals surface area contributed by atoms with Crippen LogP contribution in [0.2, 0.25) is 0 Å². The Morgan fingerprint density at radius 1 is 0.900 bits per heavy atom. The Bertz CT molecular complexity index is 2010. The maximum atomic E-state index is 13.8. The number of ether oxygens (including phenoxy) is 3. The van der Waals surface area contributed by atoms with Crippen molar-refractivity contribution in [2.45, 2.75) is 36.8 Å². The van der Waals surface area contributed by atoms with E-state index in [-0.39, 0.29) is 22.9 Å². The lowest BCUT2D eigenvalue weighted by atomic mass is 10.1. The molecule has 2 amide bonds. The van der Waals surface area contributed by atoms with Crippen LogP contribution in [0.25, 0.3) is 0 Å². The number of rotatable bonds is 14. The number of para-hydroxylation sites is 2. The van der Waals surface area contributed by atoms with Crippen LogP contribution in [0.1, 0.15) is 18.1 Å². The molecule has 1 saturated heterocycles. The molecule has 0 aliphatic carbocycles. The number of β-lactam (4-membered cyclic amide) rings is 1. The van der Waals surface area contributed by atoms with Gasteiger partial charge in [0.1, 0.15) is 35.3 Å². The fraction of sp³-hybridized carbons (Fsp3) is 0.171. The molecule has 2 atom stereocenters. The van der Waals surface area contributed by atoms with Crippen molar-refractivity contribution in [3.05, 3.63) is 142 Å². The number of nitro groups is 1. The van der Waals surface area contributed by atoms with Crippen LogP contribution in [-0.4, -0.2) is 54.0 Å². The van der Waals surface area contributed by atoms with E-state index in [1.54, 1.807) is 79.7 Å². The monoisotopic (exact) mass is 717 g/mol. The molecule has 4 aromatic rings. The lowest BCUT2D eigenvalue weighted by Gasteiger charge is -2.46. The second-order valence-corrected chi connectivity index (χ2v) is 14.9. The average molecular weight is 718 g/mol. The summed E-state index contributed by atoms with van der Waals surface area (Å²) in [6.07, 6.45) is 0. The zero-order valence-corrected chi connectivity index (χ0v) is 28.4. The van der Waals surface area contributed by atoms with Crippen molar-refractivity contribution in [2.75, 3.05) is 6.61 Å². The van der Waals surface area contributed by atoms with E-state index < -0.39 is 55.3 Å². The molecule has 0 saturated carbocycles. The lowest BCUT2D eigenvalue weighted by Crippen LogP contribution is -2.70. The predicted octanol–water partition coefficient (Wildman–Crippen LogP) is 5.11. The molecular formula is C35H31N3O10S2. The number of hydrogen-bond acceptors (Lipinski definition) is 11. The molecule has 0 aromatic heterocycles. The zero-order valence-electron chi connectivity index (χ0n) is 26.8. The predicted molar refractivity (Wildman–Crippen MR) is 183 cm³/mol. The van der Waals surface area contributed by atoms with Crippen LogP contribution in [0.3, 0.4) is 0 Å². The first kappa shape index (κ1) is 35.6. The summed E-state index contributed by atoms with van der Waals surface area (Å²) in [7, 11) is -3.79. The Kier molecular flexibility index (Phi) is 11.2. The molecule has 1 aliphatic heterocycles. The maximum absolute atomic E-state index is 13.8. The third kappa shape index (κ3) is 8.67. The van der Waals surface area contributed by atoms with E-state index in [1.807, 2.05) is 0 Å². The molecule has 0 bridgehead atoms. The number of benzene rings is 4. The Labute approximate surface area is 291 Å². The van der Waals surface area contributed by atoms with Gasteiger partial charge in [0.05, 0.1) is 9.82 Å². The van der Waals surface area contributed by atoms with Crippen LogP contribution >= 0.6 is 10.8 Å². The van der Waals surface area contributed by atoms with Gasteiger partial charge in [0.15, 0.2) is 12.3 Å². The number of allylic oxidation sites excluding steroid dienone is 1. The van der Waals surface area contributed by atoms with Crippen LogP contribution < -0.4 is 14.8 Å². The van der Waals surface area contributed by atoms with Crippen LogP contribution in [0.4, 0.5) is 5.69 Å². The topological polar surface area (TPSA) is 171 Å². The van der Waals surface area contributed by atoms with Crippen molar-refractivity contribution in [3.8, 4) is 11.5 Å². The molecule has 0 radical (unpaired) electrons. The maximum Gasteiger partial charge on any atom is 0.358 e. The number of nitro benzene ring substituents is 1. The van der Waals surface area contributed by atoms with E-state index in [4.69, 9.17) is 14.2 Å². The highest BCUT2D eigenvalue weighted by atomic mass is 33.1. The number of nitrogens with zero attached hydrogens (tertiary/aromatic N) is 2. The van der Waals surface area contributed by atoms with Gasteiger partial charge in [-0.15, -0.1) is 0 Å². The Hall–Kier alpha value is -5.67. The molecule has 0 spiro atoms. The quantitative estimate of drug-likeness (QED) is 0.0350. The molecule has 1 N–H and O–H groups in total. The van der Waals surface area contributed by atoms with E-state index in [1.165, 1.54) is 43.3 Å². The second kappa shape index (κ2) is 15.7. The fourth-order valence-corrected chi connectivity index (χ4v) is 8.23. The first-order valence-electron chi connectivity index (χ1n) is 15.1. The molecule has 1 heterocycles. The Balaban J connectivity index is 1.46. The van der Waals surface area contributed by atoms with Gasteiger partial charge in [-0.05, 0) is 67.9 Å². The highest BCUT2D eigenvalue weighted by molar-refractivity contribution is 8.72. The minimum Gasteiger partial charge on any atom is -0.484 e. The molecular weight excluding hydrogens is 687 g/mol. The minimum absolute atomic E-state index is 0.0478. The number of carbonyl (C=O) groups excluding carboxylic acids is 3. The molecule has 2 unspecified atom stereocenters. The Morgan fingerprint density at radius 3 is 2.10 bits per heavy atom. The molecule has 258 valence electrons. The number of hydrogen-bond donors (Lipinski definition) is 1. The second-order valence-electron chi connectivity index (χ2n) is 10.9. The number of amides is 2. The van der Waals surface area contributed by atoms with Gasteiger partial charge in [0.2, 0.25) is 8.87 Å². The van der Waals surface area contributed by atoms with Gasteiger partial charge >= 0.3 is 5.97 Å². The summed E-state index contributed by atoms with van der Waals surface area (Å²) < 4.78 is 44.3. The molecule has 1 fully saturated rings. The summed E-state index contributed by atoms with van der Waals surface area (Å²) in [6, 6.07) is 26.9. The van der Waals surface area contributed by atoms with E-state index in [0.29, 0.717) is 27.9 Å². The molecule has 15 heteroatoms. The first-order valence-corrected chi connectivity index (χ1v) is 18.0. The van der Waals surface area contributed by atoms with Crippen LogP contribution in [0.15, 0.2) is 126 Å². The summed E-state index contributed by atoms with van der Waals surface area (Å²) in [4.78, 5) is 51.9. The van der Waals surface area contributed by atoms with E-state index in [2.05, 4.69) is 5.32 Å². The number of likely N-dealkylation sites (tertiary alicyclic amines) is 1. The molecule has 13 nitrogen and oxygen atoms in total. The summed E-state index contributed by atoms with van der Waals surface area (Å²) in [6.45, 7) is 2.41. The van der Waals surface area contributed by atoms with Crippen molar-refractivity contribution in [1.82, 2.24) is 10.2 Å². The molecule has 4 aromatic carbocycles. The highest BCUT2D eigenvalue weighted by Crippen LogP contribution is 2.41.